The van der Waals surface area contributed by atoms with E-state index in [2.05, 4.69) is 55.9 Å². The Bertz CT molecular complexity index is 591. The van der Waals surface area contributed by atoms with Gasteiger partial charge in [-0.2, -0.15) is 5.10 Å². The third-order valence-electron chi connectivity index (χ3n) is 3.92. The van der Waals surface area contributed by atoms with E-state index in [1.165, 1.54) is 33.8 Å². The van der Waals surface area contributed by atoms with Gasteiger partial charge in [0.1, 0.15) is 0 Å². The van der Waals surface area contributed by atoms with E-state index in [-0.39, 0.29) is 0 Å². The molecule has 1 aromatic carbocycles. The maximum Gasteiger partial charge on any atom is 0.0661 e. The molecular weight excluding hydrogens is 258 g/mol. The fraction of sp³-hybridized carbons (Fsp3) is 0.500. The average Bonchev–Trinajstić information content (AvgIpc) is 2.81. The summed E-state index contributed by atoms with van der Waals surface area (Å²) in [6.45, 7) is 9.70. The van der Waals surface area contributed by atoms with Crippen molar-refractivity contribution in [2.75, 3.05) is 13.6 Å². The first kappa shape index (κ1) is 15.8. The number of likely N-dealkylation sites (N-methyl/N-ethyl adjacent to an activating group) is 1. The van der Waals surface area contributed by atoms with E-state index >= 15 is 0 Å². The summed E-state index contributed by atoms with van der Waals surface area (Å²) >= 11 is 0. The van der Waals surface area contributed by atoms with Crippen LogP contribution in [0.3, 0.4) is 0 Å². The molecule has 0 unspecified atom stereocenters. The first-order valence-corrected chi connectivity index (χ1v) is 7.93. The van der Waals surface area contributed by atoms with Crippen LogP contribution in [-0.2, 0) is 19.3 Å². The molecule has 0 radical (unpaired) electrons. The van der Waals surface area contributed by atoms with E-state index in [0.29, 0.717) is 0 Å². The molecule has 1 heterocycles. The number of nitrogens with zero attached hydrogens (tertiary/aromatic N) is 2. The zero-order valence-electron chi connectivity index (χ0n) is 14.0. The summed E-state index contributed by atoms with van der Waals surface area (Å²) in [5.74, 6) is 0. The molecule has 0 aliphatic heterocycles. The third kappa shape index (κ3) is 3.35. The summed E-state index contributed by atoms with van der Waals surface area (Å²) < 4.78 is 2.16. The monoisotopic (exact) mass is 285 g/mol. The first-order valence-electron chi connectivity index (χ1n) is 7.93. The smallest absolute Gasteiger partial charge is 0.0661 e. The normalized spacial score (nSPS) is 11.1. The predicted octanol–water partition coefficient (Wildman–Crippen LogP) is 3.38. The minimum Gasteiger partial charge on any atom is -0.319 e. The Labute approximate surface area is 128 Å². The van der Waals surface area contributed by atoms with Crippen LogP contribution >= 0.6 is 0 Å². The van der Waals surface area contributed by atoms with Crippen LogP contribution in [0.1, 0.15) is 41.9 Å². The highest BCUT2D eigenvalue weighted by atomic mass is 15.3. The van der Waals surface area contributed by atoms with Crippen molar-refractivity contribution < 1.29 is 0 Å². The van der Waals surface area contributed by atoms with Gasteiger partial charge in [-0.25, -0.2) is 4.68 Å². The van der Waals surface area contributed by atoms with Crippen LogP contribution in [0.15, 0.2) is 18.2 Å². The van der Waals surface area contributed by atoms with Crippen molar-refractivity contribution in [2.45, 2.75) is 47.0 Å². The molecule has 1 N–H and O–H groups in total. The highest BCUT2D eigenvalue weighted by Gasteiger charge is 2.16. The number of hydrogen-bond acceptors (Lipinski definition) is 2. The van der Waals surface area contributed by atoms with Gasteiger partial charge in [0.05, 0.1) is 11.4 Å². The summed E-state index contributed by atoms with van der Waals surface area (Å²) in [4.78, 5) is 0. The lowest BCUT2D eigenvalue weighted by Crippen LogP contribution is -2.12. The molecule has 3 heteroatoms. The number of benzene rings is 1. The zero-order chi connectivity index (χ0) is 15.4. The quantitative estimate of drug-likeness (QED) is 0.882. The molecule has 21 heavy (non-hydrogen) atoms. The van der Waals surface area contributed by atoms with Crippen molar-refractivity contribution >= 4 is 0 Å². The molecule has 0 atom stereocenters. The Hall–Kier alpha value is -1.61. The molecule has 114 valence electrons. The number of hydrogen-bond donors (Lipinski definition) is 1. The van der Waals surface area contributed by atoms with Gasteiger partial charge in [-0.15, -0.1) is 0 Å². The molecule has 0 spiro atoms. The zero-order valence-corrected chi connectivity index (χ0v) is 14.0. The molecule has 3 nitrogen and oxygen atoms in total. The van der Waals surface area contributed by atoms with E-state index < -0.39 is 0 Å². The van der Waals surface area contributed by atoms with Crippen LogP contribution in [-0.4, -0.2) is 23.4 Å². The van der Waals surface area contributed by atoms with Gasteiger partial charge in [-0.05, 0) is 75.5 Å². The van der Waals surface area contributed by atoms with Gasteiger partial charge in [0.2, 0.25) is 0 Å². The fourth-order valence-electron chi connectivity index (χ4n) is 3.01. The molecule has 0 fully saturated rings. The van der Waals surface area contributed by atoms with E-state index in [1.807, 2.05) is 7.05 Å². The van der Waals surface area contributed by atoms with E-state index in [4.69, 9.17) is 5.10 Å². The van der Waals surface area contributed by atoms with Gasteiger partial charge in [-0.3, -0.25) is 0 Å². The molecule has 0 aliphatic rings. The first-order chi connectivity index (χ1) is 10.1. The lowest BCUT2D eigenvalue weighted by Gasteiger charge is -2.10. The molecule has 2 aromatic rings. The average molecular weight is 285 g/mol. The van der Waals surface area contributed by atoms with E-state index in [1.54, 1.807) is 0 Å². The number of rotatable bonds is 6. The Morgan fingerprint density at radius 2 is 1.71 bits per heavy atom. The highest BCUT2D eigenvalue weighted by molar-refractivity contribution is 5.42. The van der Waals surface area contributed by atoms with Crippen molar-refractivity contribution in [1.29, 1.82) is 0 Å². The van der Waals surface area contributed by atoms with Crippen LogP contribution in [0.25, 0.3) is 5.69 Å². The van der Waals surface area contributed by atoms with E-state index in [0.717, 1.165) is 25.8 Å². The van der Waals surface area contributed by atoms with Gasteiger partial charge >= 0.3 is 0 Å². The standard InChI is InChI=1S/C18H27N3/c1-6-17-16(8-9-19-5)18(7-2)21(20-17)15-11-13(3)10-14(4)12-15/h10-12,19H,6-9H2,1-5H3. The van der Waals surface area contributed by atoms with Crippen LogP contribution in [0.5, 0.6) is 0 Å². The summed E-state index contributed by atoms with van der Waals surface area (Å²) in [6, 6.07) is 6.65. The van der Waals surface area contributed by atoms with Gasteiger partial charge < -0.3 is 5.32 Å². The van der Waals surface area contributed by atoms with Crippen molar-refractivity contribution in [1.82, 2.24) is 15.1 Å². The summed E-state index contributed by atoms with van der Waals surface area (Å²) in [7, 11) is 2.01. The SMILES string of the molecule is CCc1nn(-c2cc(C)cc(C)c2)c(CC)c1CCNC. The summed E-state index contributed by atoms with van der Waals surface area (Å²) in [6.07, 6.45) is 3.05. The van der Waals surface area contributed by atoms with Gasteiger partial charge in [0.15, 0.2) is 0 Å². The topological polar surface area (TPSA) is 29.9 Å². The van der Waals surface area contributed by atoms with Gasteiger partial charge in [0, 0.05) is 5.69 Å². The Morgan fingerprint density at radius 3 is 2.24 bits per heavy atom. The molecule has 2 rings (SSSR count). The molecular formula is C18H27N3. The molecule has 1 aromatic heterocycles. The predicted molar refractivity (Wildman–Crippen MR) is 89.4 cm³/mol. The van der Waals surface area contributed by atoms with E-state index in [9.17, 15) is 0 Å². The van der Waals surface area contributed by atoms with Gasteiger partial charge in [-0.1, -0.05) is 19.9 Å². The molecule has 0 bridgehead atoms. The molecule has 0 aliphatic carbocycles. The second-order valence-electron chi connectivity index (χ2n) is 5.69. The Kier molecular flexibility index (Phi) is 5.18. The number of nitrogens with one attached hydrogen (secondary N) is 1. The van der Waals surface area contributed by atoms with Crippen molar-refractivity contribution in [3.8, 4) is 5.69 Å². The second kappa shape index (κ2) is 6.90. The van der Waals surface area contributed by atoms with Crippen LogP contribution in [0.4, 0.5) is 0 Å². The largest absolute Gasteiger partial charge is 0.319 e. The molecule has 0 saturated heterocycles. The highest BCUT2D eigenvalue weighted by Crippen LogP contribution is 2.22. The van der Waals surface area contributed by atoms with Crippen LogP contribution < -0.4 is 5.32 Å². The lowest BCUT2D eigenvalue weighted by molar-refractivity contribution is 0.772. The van der Waals surface area contributed by atoms with Crippen LogP contribution in [0.2, 0.25) is 0 Å². The number of aromatic nitrogens is 2. The lowest BCUT2D eigenvalue weighted by atomic mass is 10.1. The maximum atomic E-state index is 4.89. The van der Waals surface area contributed by atoms with Crippen molar-refractivity contribution in [2.24, 2.45) is 0 Å². The maximum absolute atomic E-state index is 4.89. The fourth-order valence-corrected chi connectivity index (χ4v) is 3.01. The van der Waals surface area contributed by atoms with Gasteiger partial charge in [0.25, 0.3) is 0 Å². The van der Waals surface area contributed by atoms with Crippen molar-refractivity contribution in [3.05, 3.63) is 46.3 Å². The summed E-state index contributed by atoms with van der Waals surface area (Å²) in [5, 5.41) is 8.14. The van der Waals surface area contributed by atoms with Crippen molar-refractivity contribution in [3.63, 3.8) is 0 Å². The summed E-state index contributed by atoms with van der Waals surface area (Å²) in [5.41, 5.74) is 7.78. The minimum absolute atomic E-state index is 0.990. The Balaban J connectivity index is 2.54. The Morgan fingerprint density at radius 1 is 1.05 bits per heavy atom. The van der Waals surface area contributed by atoms with Crippen LogP contribution in [0, 0.1) is 13.8 Å². The molecule has 0 saturated carbocycles. The molecule has 0 amide bonds. The minimum atomic E-state index is 0.990. The second-order valence-corrected chi connectivity index (χ2v) is 5.69. The third-order valence-corrected chi connectivity index (χ3v) is 3.92. The number of aryl methyl sites for hydroxylation is 3.